The highest BCUT2D eigenvalue weighted by atomic mass is 32.2. The average Bonchev–Trinajstić information content (AvgIpc) is 2.99. The van der Waals surface area contributed by atoms with Gasteiger partial charge in [0.15, 0.2) is 0 Å². The van der Waals surface area contributed by atoms with Gasteiger partial charge < -0.3 is 10.1 Å². The summed E-state index contributed by atoms with van der Waals surface area (Å²) in [4.78, 5) is 0. The molecule has 3 heteroatoms. The maximum Gasteiger partial charge on any atom is 0.122 e. The molecule has 0 aliphatic heterocycles. The number of methoxy groups -OCH3 is 1. The molecule has 1 aliphatic carbocycles. The van der Waals surface area contributed by atoms with Crippen molar-refractivity contribution >= 4 is 11.8 Å². The van der Waals surface area contributed by atoms with E-state index in [9.17, 15) is 0 Å². The Morgan fingerprint density at radius 1 is 1.30 bits per heavy atom. The Kier molecular flexibility index (Phi) is 6.74. The quantitative estimate of drug-likeness (QED) is 0.719. The molecule has 0 unspecified atom stereocenters. The molecule has 0 aromatic heterocycles. The topological polar surface area (TPSA) is 21.3 Å². The molecule has 0 amide bonds. The summed E-state index contributed by atoms with van der Waals surface area (Å²) >= 11 is 2.10. The molecule has 0 radical (unpaired) electrons. The molecule has 2 rings (SSSR count). The Bertz CT molecular complexity index is 402. The van der Waals surface area contributed by atoms with Crippen LogP contribution in [0.15, 0.2) is 18.2 Å². The van der Waals surface area contributed by atoms with Crippen LogP contribution in [-0.2, 0) is 12.3 Å². The minimum absolute atomic E-state index is 0.863. The molecule has 1 aromatic rings. The lowest BCUT2D eigenvalue weighted by molar-refractivity contribution is 0.411. The van der Waals surface area contributed by atoms with E-state index in [0.717, 1.165) is 29.8 Å². The van der Waals surface area contributed by atoms with Gasteiger partial charge in [-0.15, -0.1) is 0 Å². The molecule has 2 nitrogen and oxygen atoms in total. The first kappa shape index (κ1) is 15.7. The van der Waals surface area contributed by atoms with Crippen molar-refractivity contribution in [1.29, 1.82) is 0 Å². The maximum atomic E-state index is 5.51. The van der Waals surface area contributed by atoms with Gasteiger partial charge >= 0.3 is 0 Å². The van der Waals surface area contributed by atoms with Gasteiger partial charge in [0, 0.05) is 23.1 Å². The van der Waals surface area contributed by atoms with Crippen LogP contribution in [0, 0.1) is 0 Å². The monoisotopic (exact) mass is 293 g/mol. The smallest absolute Gasteiger partial charge is 0.122 e. The van der Waals surface area contributed by atoms with Crippen molar-refractivity contribution in [1.82, 2.24) is 5.32 Å². The third kappa shape index (κ3) is 4.71. The Morgan fingerprint density at radius 3 is 2.80 bits per heavy atom. The molecule has 0 saturated heterocycles. The second kappa shape index (κ2) is 8.58. The van der Waals surface area contributed by atoms with Gasteiger partial charge in [0.2, 0.25) is 0 Å². The molecular formula is C17H27NOS. The minimum atomic E-state index is 0.863. The second-order valence-electron chi connectivity index (χ2n) is 5.54. The number of ether oxygens (including phenoxy) is 1. The van der Waals surface area contributed by atoms with E-state index < -0.39 is 0 Å². The van der Waals surface area contributed by atoms with Crippen LogP contribution in [0.2, 0.25) is 0 Å². The first-order chi connectivity index (χ1) is 9.83. The van der Waals surface area contributed by atoms with E-state index in [1.54, 1.807) is 7.11 Å². The molecule has 1 saturated carbocycles. The van der Waals surface area contributed by atoms with Crippen LogP contribution in [0.5, 0.6) is 5.75 Å². The second-order valence-corrected chi connectivity index (χ2v) is 6.83. The summed E-state index contributed by atoms with van der Waals surface area (Å²) in [6.45, 7) is 4.24. The zero-order chi connectivity index (χ0) is 14.2. The van der Waals surface area contributed by atoms with Crippen molar-refractivity contribution in [2.45, 2.75) is 56.6 Å². The summed E-state index contributed by atoms with van der Waals surface area (Å²) in [6.07, 6.45) is 6.79. The average molecular weight is 293 g/mol. The van der Waals surface area contributed by atoms with Crippen molar-refractivity contribution in [2.75, 3.05) is 13.7 Å². The predicted molar refractivity (Wildman–Crippen MR) is 88.5 cm³/mol. The Morgan fingerprint density at radius 2 is 2.10 bits per heavy atom. The summed E-state index contributed by atoms with van der Waals surface area (Å²) in [5.41, 5.74) is 2.71. The fraction of sp³-hybridized carbons (Fsp3) is 0.647. The van der Waals surface area contributed by atoms with E-state index in [2.05, 4.69) is 42.2 Å². The Hall–Kier alpha value is -0.670. The molecule has 20 heavy (non-hydrogen) atoms. The molecule has 0 heterocycles. The highest BCUT2D eigenvalue weighted by Gasteiger charge is 2.16. The lowest BCUT2D eigenvalue weighted by Crippen LogP contribution is -2.13. The molecule has 112 valence electrons. The van der Waals surface area contributed by atoms with Crippen molar-refractivity contribution in [3.8, 4) is 5.75 Å². The molecule has 1 aromatic carbocycles. The first-order valence-electron chi connectivity index (χ1n) is 7.81. The zero-order valence-corrected chi connectivity index (χ0v) is 13.6. The van der Waals surface area contributed by atoms with E-state index in [4.69, 9.17) is 4.74 Å². The molecule has 1 aliphatic rings. The highest BCUT2D eigenvalue weighted by Crippen LogP contribution is 2.33. The lowest BCUT2D eigenvalue weighted by atomic mass is 10.1. The van der Waals surface area contributed by atoms with Crippen LogP contribution in [0.3, 0.4) is 0 Å². The van der Waals surface area contributed by atoms with Crippen molar-refractivity contribution < 1.29 is 4.74 Å². The number of hydrogen-bond acceptors (Lipinski definition) is 3. The van der Waals surface area contributed by atoms with Gasteiger partial charge in [-0.05, 0) is 43.5 Å². The SMILES string of the molecule is CCCNCc1ccc(OC)c(CSC2CCCC2)c1. The zero-order valence-electron chi connectivity index (χ0n) is 12.8. The first-order valence-corrected chi connectivity index (χ1v) is 8.86. The highest BCUT2D eigenvalue weighted by molar-refractivity contribution is 7.99. The number of rotatable bonds is 8. The fourth-order valence-corrected chi connectivity index (χ4v) is 4.03. The Balaban J connectivity index is 1.94. The van der Waals surface area contributed by atoms with Crippen molar-refractivity contribution in [3.05, 3.63) is 29.3 Å². The van der Waals surface area contributed by atoms with Gasteiger partial charge in [-0.1, -0.05) is 25.8 Å². The van der Waals surface area contributed by atoms with Crippen LogP contribution in [0.1, 0.15) is 50.2 Å². The van der Waals surface area contributed by atoms with E-state index in [1.807, 2.05) is 0 Å². The minimum Gasteiger partial charge on any atom is -0.496 e. The number of nitrogens with one attached hydrogen (secondary N) is 1. The number of benzene rings is 1. The summed E-state index contributed by atoms with van der Waals surface area (Å²) in [7, 11) is 1.77. The fourth-order valence-electron chi connectivity index (χ4n) is 2.73. The van der Waals surface area contributed by atoms with Gasteiger partial charge in [-0.2, -0.15) is 11.8 Å². The summed E-state index contributed by atoms with van der Waals surface area (Å²) in [5, 5.41) is 4.33. The largest absolute Gasteiger partial charge is 0.496 e. The number of thioether (sulfide) groups is 1. The third-order valence-corrected chi connectivity index (χ3v) is 5.30. The molecule has 1 fully saturated rings. The molecule has 0 bridgehead atoms. The van der Waals surface area contributed by atoms with E-state index >= 15 is 0 Å². The summed E-state index contributed by atoms with van der Waals surface area (Å²) in [5.74, 6) is 2.12. The van der Waals surface area contributed by atoms with E-state index in [-0.39, 0.29) is 0 Å². The van der Waals surface area contributed by atoms with Crippen LogP contribution in [0.25, 0.3) is 0 Å². The molecule has 0 spiro atoms. The number of hydrogen-bond donors (Lipinski definition) is 1. The maximum absolute atomic E-state index is 5.51. The molecular weight excluding hydrogens is 266 g/mol. The van der Waals surface area contributed by atoms with Crippen LogP contribution in [-0.4, -0.2) is 18.9 Å². The Labute approximate surface area is 127 Å². The molecule has 1 N–H and O–H groups in total. The van der Waals surface area contributed by atoms with Crippen LogP contribution >= 0.6 is 11.8 Å². The summed E-state index contributed by atoms with van der Waals surface area (Å²) in [6, 6.07) is 6.60. The standard InChI is InChI=1S/C17H27NOS/c1-3-10-18-12-14-8-9-17(19-2)15(11-14)13-20-16-6-4-5-7-16/h8-9,11,16,18H,3-7,10,12-13H2,1-2H3. The van der Waals surface area contributed by atoms with Gasteiger partial charge in [0.25, 0.3) is 0 Å². The van der Waals surface area contributed by atoms with E-state index in [0.29, 0.717) is 0 Å². The van der Waals surface area contributed by atoms with E-state index in [1.165, 1.54) is 43.2 Å². The van der Waals surface area contributed by atoms with Gasteiger partial charge in [0.05, 0.1) is 7.11 Å². The van der Waals surface area contributed by atoms with Crippen LogP contribution in [0.4, 0.5) is 0 Å². The van der Waals surface area contributed by atoms with Gasteiger partial charge in [0.1, 0.15) is 5.75 Å². The van der Waals surface area contributed by atoms with Crippen molar-refractivity contribution in [2.24, 2.45) is 0 Å². The molecule has 0 atom stereocenters. The van der Waals surface area contributed by atoms with Gasteiger partial charge in [-0.3, -0.25) is 0 Å². The summed E-state index contributed by atoms with van der Waals surface area (Å²) < 4.78 is 5.51. The third-order valence-electron chi connectivity index (χ3n) is 3.88. The lowest BCUT2D eigenvalue weighted by Gasteiger charge is -2.13. The predicted octanol–water partition coefficient (Wildman–Crippen LogP) is 4.37. The van der Waals surface area contributed by atoms with Crippen molar-refractivity contribution in [3.63, 3.8) is 0 Å². The van der Waals surface area contributed by atoms with Crippen LogP contribution < -0.4 is 10.1 Å². The normalized spacial score (nSPS) is 15.7. The van der Waals surface area contributed by atoms with Gasteiger partial charge in [-0.25, -0.2) is 0 Å².